The summed E-state index contributed by atoms with van der Waals surface area (Å²) in [5, 5.41) is 2.95. The molecular weight excluding hydrogens is 705 g/mol. The van der Waals surface area contributed by atoms with Crippen molar-refractivity contribution in [1.82, 2.24) is 16.2 Å². The van der Waals surface area contributed by atoms with Crippen LogP contribution in [0.15, 0.2) is 152 Å². The molecule has 1 aliphatic rings. The van der Waals surface area contributed by atoms with E-state index in [-0.39, 0.29) is 18.6 Å². The van der Waals surface area contributed by atoms with Crippen molar-refractivity contribution in [3.8, 4) is 28.4 Å². The van der Waals surface area contributed by atoms with Crippen LogP contribution >= 0.6 is 0 Å². The number of nitrogens with one attached hydrogen (secondary N) is 3. The van der Waals surface area contributed by atoms with E-state index in [0.717, 1.165) is 38.9 Å². The van der Waals surface area contributed by atoms with Crippen molar-refractivity contribution in [2.45, 2.75) is 30.7 Å². The maximum atomic E-state index is 14.2. The molecule has 2 amide bonds. The maximum absolute atomic E-state index is 14.2. The predicted molar refractivity (Wildman–Crippen MR) is 215 cm³/mol. The molecule has 0 heterocycles. The third-order valence-electron chi connectivity index (χ3n) is 9.96. The van der Waals surface area contributed by atoms with E-state index in [1.54, 1.807) is 49.6 Å². The Morgan fingerprint density at radius 3 is 1.93 bits per heavy atom. The number of para-hydroxylation sites is 1. The summed E-state index contributed by atoms with van der Waals surface area (Å²) in [6.45, 7) is 0.389. The summed E-state index contributed by atoms with van der Waals surface area (Å²) in [4.78, 5) is 28.1. The number of fused-ring (bicyclic) bond motifs is 3. The van der Waals surface area contributed by atoms with Gasteiger partial charge in [0.2, 0.25) is 6.10 Å². The normalized spacial score (nSPS) is 13.3. The predicted octanol–water partition coefficient (Wildman–Crippen LogP) is 7.60. The lowest BCUT2D eigenvalue weighted by atomic mass is 9.98. The Labute approximate surface area is 326 Å². The van der Waals surface area contributed by atoms with Gasteiger partial charge < -0.3 is 30.0 Å². The molecule has 1 aliphatic carbocycles. The topological polar surface area (TPSA) is 133 Å². The van der Waals surface area contributed by atoms with Gasteiger partial charge in [0.25, 0.3) is 5.91 Å². The van der Waals surface area contributed by atoms with Crippen molar-refractivity contribution in [2.75, 3.05) is 20.8 Å². The molecule has 5 N–H and O–H groups in total. The van der Waals surface area contributed by atoms with E-state index in [2.05, 4.69) is 40.4 Å². The molecule has 0 saturated heterocycles. The van der Waals surface area contributed by atoms with Crippen molar-refractivity contribution in [1.29, 1.82) is 0 Å². The number of carbonyl (C=O) groups is 2. The molecule has 3 unspecified atom stereocenters. The lowest BCUT2D eigenvalue weighted by Gasteiger charge is -2.29. The fraction of sp³-hybridized carbons (Fsp3) is 0.174. The van der Waals surface area contributed by atoms with Crippen LogP contribution in [-0.2, 0) is 16.1 Å². The second kappa shape index (κ2) is 17.7. The van der Waals surface area contributed by atoms with Crippen LogP contribution in [0.2, 0.25) is 0 Å². The highest BCUT2D eigenvalue weighted by Crippen LogP contribution is 2.44. The number of amides is 2. The van der Waals surface area contributed by atoms with Gasteiger partial charge in [-0.15, -0.1) is 0 Å². The van der Waals surface area contributed by atoms with E-state index >= 15 is 0 Å². The highest BCUT2D eigenvalue weighted by Gasteiger charge is 2.37. The number of hydrogen-bond acceptors (Lipinski definition) is 8. The van der Waals surface area contributed by atoms with E-state index < -0.39 is 24.1 Å². The minimum absolute atomic E-state index is 0.0827. The zero-order valence-electron chi connectivity index (χ0n) is 31.2. The first-order chi connectivity index (χ1) is 27.4. The molecule has 0 bridgehead atoms. The molecule has 6 aromatic carbocycles. The number of carbonyl (C=O) groups excluding carboxylic acids is 2. The van der Waals surface area contributed by atoms with Crippen molar-refractivity contribution >= 4 is 12.0 Å². The van der Waals surface area contributed by atoms with E-state index in [4.69, 9.17) is 24.7 Å². The summed E-state index contributed by atoms with van der Waals surface area (Å²) in [6.07, 6.45) is -2.02. The number of hydrogen-bond donors (Lipinski definition) is 4. The number of alkyl carbamates (subject to hydrolysis) is 1. The van der Waals surface area contributed by atoms with Gasteiger partial charge in [-0.25, -0.2) is 10.2 Å². The first kappa shape index (κ1) is 37.7. The molecule has 284 valence electrons. The lowest BCUT2D eigenvalue weighted by molar-refractivity contribution is -0.130. The van der Waals surface area contributed by atoms with E-state index in [1.807, 2.05) is 84.9 Å². The van der Waals surface area contributed by atoms with Gasteiger partial charge in [-0.05, 0) is 63.2 Å². The van der Waals surface area contributed by atoms with Crippen LogP contribution in [0.4, 0.5) is 4.79 Å². The fourth-order valence-corrected chi connectivity index (χ4v) is 7.08. The SMILES string of the molecule is COc1ccc(C(NC(=O)OCC2c3ccccc3-c3ccccc32)C(Oc2ccccc2)C(=O)NNCc2ccc(C(N)c3ccccc3)cc2)c(OC)c1. The summed E-state index contributed by atoms with van der Waals surface area (Å²) in [5.41, 5.74) is 20.1. The largest absolute Gasteiger partial charge is 0.497 e. The third-order valence-corrected chi connectivity index (χ3v) is 9.96. The third kappa shape index (κ3) is 8.52. The van der Waals surface area contributed by atoms with Crippen LogP contribution in [0.1, 0.15) is 51.4 Å². The first-order valence-electron chi connectivity index (χ1n) is 18.4. The molecule has 0 fully saturated rings. The van der Waals surface area contributed by atoms with E-state index in [9.17, 15) is 9.59 Å². The zero-order chi connectivity index (χ0) is 38.9. The van der Waals surface area contributed by atoms with Gasteiger partial charge in [0.1, 0.15) is 29.9 Å². The van der Waals surface area contributed by atoms with Gasteiger partial charge in [0.15, 0.2) is 0 Å². The molecule has 10 heteroatoms. The molecule has 7 rings (SSSR count). The van der Waals surface area contributed by atoms with Crippen molar-refractivity contribution in [3.63, 3.8) is 0 Å². The first-order valence-corrected chi connectivity index (χ1v) is 18.4. The second-order valence-corrected chi connectivity index (χ2v) is 13.4. The monoisotopic (exact) mass is 748 g/mol. The molecular formula is C46H44N4O6. The molecule has 0 spiro atoms. The van der Waals surface area contributed by atoms with Crippen molar-refractivity contribution in [3.05, 3.63) is 185 Å². The Bertz CT molecular complexity index is 2210. The number of hydrazine groups is 1. The van der Waals surface area contributed by atoms with Gasteiger partial charge in [0, 0.05) is 24.1 Å². The highest BCUT2D eigenvalue weighted by molar-refractivity contribution is 5.83. The lowest BCUT2D eigenvalue weighted by Crippen LogP contribution is -2.51. The maximum Gasteiger partial charge on any atom is 0.407 e. The van der Waals surface area contributed by atoms with Gasteiger partial charge in [-0.3, -0.25) is 10.2 Å². The summed E-state index contributed by atoms with van der Waals surface area (Å²) >= 11 is 0. The average Bonchev–Trinajstić information content (AvgIpc) is 3.57. The molecule has 0 saturated carbocycles. The number of nitrogens with two attached hydrogens (primary N) is 1. The van der Waals surface area contributed by atoms with Crippen LogP contribution in [0, 0.1) is 0 Å². The number of benzene rings is 6. The van der Waals surface area contributed by atoms with Gasteiger partial charge in [0.05, 0.1) is 20.3 Å². The number of rotatable bonds is 15. The Morgan fingerprint density at radius 2 is 1.29 bits per heavy atom. The smallest absolute Gasteiger partial charge is 0.407 e. The van der Waals surface area contributed by atoms with Gasteiger partial charge in [-0.2, -0.15) is 0 Å². The van der Waals surface area contributed by atoms with Crippen LogP contribution in [-0.4, -0.2) is 38.9 Å². The molecule has 0 aliphatic heterocycles. The number of methoxy groups -OCH3 is 2. The quantitative estimate of drug-likeness (QED) is 0.0790. The molecule has 10 nitrogen and oxygen atoms in total. The standard InChI is InChI=1S/C46H44N4O6/c1-53-34-25-26-39(41(27-34)54-2)43(49-46(52)55-29-40-37-19-11-9-17-35(37)36-18-10-12-20-38(36)40)44(56-33-15-7-4-8-16-33)45(51)50-48-28-30-21-23-32(24-22-30)42(47)31-13-5-3-6-14-31/h3-27,40,42-44,48H,28-29,47H2,1-2H3,(H,49,52)(H,50,51). The molecule has 56 heavy (non-hydrogen) atoms. The minimum atomic E-state index is -1.29. The van der Waals surface area contributed by atoms with Gasteiger partial charge in [-0.1, -0.05) is 121 Å². The molecule has 6 aromatic rings. The van der Waals surface area contributed by atoms with Crippen LogP contribution < -0.4 is 36.1 Å². The Morgan fingerprint density at radius 1 is 0.679 bits per heavy atom. The molecule has 3 atom stereocenters. The van der Waals surface area contributed by atoms with E-state index in [1.165, 1.54) is 7.11 Å². The van der Waals surface area contributed by atoms with E-state index in [0.29, 0.717) is 29.4 Å². The van der Waals surface area contributed by atoms with Crippen molar-refractivity contribution < 1.29 is 28.5 Å². The fourth-order valence-electron chi connectivity index (χ4n) is 7.08. The van der Waals surface area contributed by atoms with Crippen molar-refractivity contribution in [2.24, 2.45) is 5.73 Å². The van der Waals surface area contributed by atoms with Gasteiger partial charge >= 0.3 is 6.09 Å². The highest BCUT2D eigenvalue weighted by atomic mass is 16.6. The Balaban J connectivity index is 1.11. The Hall–Kier alpha value is -6.62. The van der Waals surface area contributed by atoms with Crippen LogP contribution in [0.3, 0.4) is 0 Å². The second-order valence-electron chi connectivity index (χ2n) is 13.4. The summed E-state index contributed by atoms with van der Waals surface area (Å²) in [5.74, 6) is 0.634. The minimum Gasteiger partial charge on any atom is -0.497 e. The van der Waals surface area contributed by atoms with Crippen LogP contribution in [0.25, 0.3) is 11.1 Å². The summed E-state index contributed by atoms with van der Waals surface area (Å²) in [6, 6.07) is 46.8. The molecule has 0 radical (unpaired) electrons. The van der Waals surface area contributed by atoms with Crippen LogP contribution in [0.5, 0.6) is 17.2 Å². The zero-order valence-corrected chi connectivity index (χ0v) is 31.2. The Kier molecular flexibility index (Phi) is 11.9. The average molecular weight is 749 g/mol. The number of ether oxygens (including phenoxy) is 4. The summed E-state index contributed by atoms with van der Waals surface area (Å²) < 4.78 is 23.5. The summed E-state index contributed by atoms with van der Waals surface area (Å²) in [7, 11) is 3.06. The molecule has 0 aromatic heterocycles.